The number of carbonyl (C=O) groups is 1. The van der Waals surface area contributed by atoms with Gasteiger partial charge in [0, 0.05) is 29.1 Å². The largest absolute Gasteiger partial charge is 0.459 e. The van der Waals surface area contributed by atoms with Crippen LogP contribution in [0.2, 0.25) is 0 Å². The molecule has 4 rings (SSSR count). The molecule has 0 spiro atoms. The van der Waals surface area contributed by atoms with Crippen molar-refractivity contribution < 1.29 is 9.21 Å². The highest BCUT2D eigenvalue weighted by atomic mass is 79.9. The van der Waals surface area contributed by atoms with Gasteiger partial charge in [-0.05, 0) is 57.9 Å². The number of nitrogens with zero attached hydrogens (tertiary/aromatic N) is 2. The molecule has 2 N–H and O–H groups in total. The number of carbonyl (C=O) groups excluding carboxylic acids is 1. The number of pyridine rings is 2. The lowest BCUT2D eigenvalue weighted by Crippen LogP contribution is -2.10. The molecule has 0 aliphatic rings. The summed E-state index contributed by atoms with van der Waals surface area (Å²) < 4.78 is 5.98. The van der Waals surface area contributed by atoms with Gasteiger partial charge in [0.1, 0.15) is 5.52 Å². The molecule has 7 heteroatoms. The molecule has 3 aromatic heterocycles. The van der Waals surface area contributed by atoms with Crippen molar-refractivity contribution in [2.75, 3.05) is 10.6 Å². The molecule has 0 radical (unpaired) electrons. The van der Waals surface area contributed by atoms with Crippen molar-refractivity contribution in [2.24, 2.45) is 0 Å². The number of nitrogens with one attached hydrogen (secondary N) is 2. The summed E-state index contributed by atoms with van der Waals surface area (Å²) in [5.41, 5.74) is 4.35. The van der Waals surface area contributed by atoms with Crippen LogP contribution in [0.3, 0.4) is 0 Å². The molecular formula is C20H15BrN4O2. The average Bonchev–Trinajstić information content (AvgIpc) is 3.22. The molecule has 0 unspecified atom stereocenters. The fraction of sp³-hybridized carbons (Fsp3) is 0.0500. The van der Waals surface area contributed by atoms with E-state index in [-0.39, 0.29) is 11.7 Å². The van der Waals surface area contributed by atoms with E-state index in [1.807, 2.05) is 36.4 Å². The number of hydrogen-bond donors (Lipinski definition) is 2. The number of fused-ring (bicyclic) bond motifs is 1. The van der Waals surface area contributed by atoms with Gasteiger partial charge in [0.15, 0.2) is 5.76 Å². The molecule has 4 aromatic rings. The molecule has 3 heterocycles. The van der Waals surface area contributed by atoms with Crippen molar-refractivity contribution in [1.82, 2.24) is 9.97 Å². The Balaban J connectivity index is 1.43. The normalized spacial score (nSPS) is 10.7. The Morgan fingerprint density at radius 2 is 1.96 bits per heavy atom. The minimum Gasteiger partial charge on any atom is -0.459 e. The molecule has 1 aromatic carbocycles. The molecule has 0 aliphatic carbocycles. The van der Waals surface area contributed by atoms with Gasteiger partial charge in [0.05, 0.1) is 17.5 Å². The fourth-order valence-electron chi connectivity index (χ4n) is 2.65. The van der Waals surface area contributed by atoms with Gasteiger partial charge in [0.25, 0.3) is 5.91 Å². The zero-order valence-corrected chi connectivity index (χ0v) is 15.7. The molecule has 0 bridgehead atoms. The van der Waals surface area contributed by atoms with Gasteiger partial charge in [-0.3, -0.25) is 14.8 Å². The van der Waals surface area contributed by atoms with Crippen molar-refractivity contribution in [3.8, 4) is 0 Å². The van der Waals surface area contributed by atoms with E-state index in [9.17, 15) is 4.79 Å². The first-order valence-electron chi connectivity index (χ1n) is 8.27. The average molecular weight is 423 g/mol. The molecule has 0 saturated carbocycles. The van der Waals surface area contributed by atoms with Crippen LogP contribution >= 0.6 is 15.9 Å². The van der Waals surface area contributed by atoms with E-state index in [1.54, 1.807) is 24.5 Å². The maximum Gasteiger partial charge on any atom is 0.291 e. The van der Waals surface area contributed by atoms with Gasteiger partial charge in [-0.25, -0.2) is 0 Å². The third-order valence-corrected chi connectivity index (χ3v) is 4.42. The third-order valence-electron chi connectivity index (χ3n) is 3.98. The number of benzene rings is 1. The van der Waals surface area contributed by atoms with Crippen molar-refractivity contribution >= 4 is 44.2 Å². The number of halogens is 1. The first-order chi connectivity index (χ1) is 13.2. The smallest absolute Gasteiger partial charge is 0.291 e. The molecule has 27 heavy (non-hydrogen) atoms. The molecule has 0 fully saturated rings. The van der Waals surface area contributed by atoms with E-state index >= 15 is 0 Å². The second kappa shape index (κ2) is 7.59. The van der Waals surface area contributed by atoms with Crippen LogP contribution < -0.4 is 10.6 Å². The van der Waals surface area contributed by atoms with Crippen LogP contribution in [0.25, 0.3) is 11.0 Å². The first-order valence-corrected chi connectivity index (χ1v) is 9.06. The SMILES string of the molecule is O=C(Nc1ccc(CNc2ccnc3cc(Br)cnc23)cc1)c1ccco1. The third kappa shape index (κ3) is 3.98. The standard InChI is InChI=1S/C20H15BrN4O2/c21-14-10-17-19(24-12-14)16(7-8-22-17)23-11-13-3-5-15(6-4-13)25-20(26)18-2-1-9-27-18/h1-10,12H,11H2,(H,22,23)(H,25,26). The number of furan rings is 1. The molecule has 0 aliphatic heterocycles. The van der Waals surface area contributed by atoms with E-state index in [1.165, 1.54) is 6.26 Å². The predicted molar refractivity (Wildman–Crippen MR) is 108 cm³/mol. The Morgan fingerprint density at radius 3 is 2.74 bits per heavy atom. The van der Waals surface area contributed by atoms with Gasteiger partial charge in [-0.2, -0.15) is 0 Å². The highest BCUT2D eigenvalue weighted by Gasteiger charge is 2.08. The minimum atomic E-state index is -0.272. The summed E-state index contributed by atoms with van der Waals surface area (Å²) in [4.78, 5) is 20.8. The molecule has 1 amide bonds. The zero-order chi connectivity index (χ0) is 18.6. The quantitative estimate of drug-likeness (QED) is 0.480. The van der Waals surface area contributed by atoms with E-state index in [0.717, 1.165) is 26.8 Å². The summed E-state index contributed by atoms with van der Waals surface area (Å²) in [7, 11) is 0. The zero-order valence-electron chi connectivity index (χ0n) is 14.1. The van der Waals surface area contributed by atoms with Gasteiger partial charge < -0.3 is 15.1 Å². The number of amides is 1. The van der Waals surface area contributed by atoms with Crippen LogP contribution in [0.15, 0.2) is 76.1 Å². The van der Waals surface area contributed by atoms with Crippen LogP contribution in [0, 0.1) is 0 Å². The summed E-state index contributed by atoms with van der Waals surface area (Å²) >= 11 is 3.41. The Labute approximate surface area is 163 Å². The maximum atomic E-state index is 12.0. The van der Waals surface area contributed by atoms with E-state index < -0.39 is 0 Å². The van der Waals surface area contributed by atoms with Crippen LogP contribution in [0.1, 0.15) is 16.1 Å². The van der Waals surface area contributed by atoms with Crippen LogP contribution in [0.5, 0.6) is 0 Å². The van der Waals surface area contributed by atoms with E-state index in [2.05, 4.69) is 36.5 Å². The predicted octanol–water partition coefficient (Wildman–Crippen LogP) is 4.85. The maximum absolute atomic E-state index is 12.0. The summed E-state index contributed by atoms with van der Waals surface area (Å²) in [5.74, 6) is 0.0100. The van der Waals surface area contributed by atoms with Crippen molar-refractivity contribution in [1.29, 1.82) is 0 Å². The van der Waals surface area contributed by atoms with Crippen molar-refractivity contribution in [3.63, 3.8) is 0 Å². The summed E-state index contributed by atoms with van der Waals surface area (Å²) in [6.45, 7) is 0.628. The first kappa shape index (κ1) is 17.2. The summed E-state index contributed by atoms with van der Waals surface area (Å²) in [6, 6.07) is 14.8. The fourth-order valence-corrected chi connectivity index (χ4v) is 2.97. The number of rotatable bonds is 5. The lowest BCUT2D eigenvalue weighted by Gasteiger charge is -2.10. The second-order valence-corrected chi connectivity index (χ2v) is 6.78. The Bertz CT molecular complexity index is 1080. The van der Waals surface area contributed by atoms with Crippen LogP contribution in [-0.2, 0) is 6.54 Å². The summed E-state index contributed by atoms with van der Waals surface area (Å²) in [5, 5.41) is 6.18. The monoisotopic (exact) mass is 422 g/mol. The number of aromatic nitrogens is 2. The van der Waals surface area contributed by atoms with Gasteiger partial charge in [0.2, 0.25) is 0 Å². The van der Waals surface area contributed by atoms with Gasteiger partial charge >= 0.3 is 0 Å². The van der Waals surface area contributed by atoms with E-state index in [0.29, 0.717) is 12.2 Å². The Kier molecular flexibility index (Phi) is 4.84. The molecule has 134 valence electrons. The van der Waals surface area contributed by atoms with Crippen molar-refractivity contribution in [2.45, 2.75) is 6.54 Å². The molecule has 0 saturated heterocycles. The lowest BCUT2D eigenvalue weighted by atomic mass is 10.2. The second-order valence-electron chi connectivity index (χ2n) is 5.86. The van der Waals surface area contributed by atoms with Crippen LogP contribution in [0.4, 0.5) is 11.4 Å². The topological polar surface area (TPSA) is 80.0 Å². The molecule has 0 atom stereocenters. The van der Waals surface area contributed by atoms with Gasteiger partial charge in [-0.15, -0.1) is 0 Å². The summed E-state index contributed by atoms with van der Waals surface area (Å²) in [6.07, 6.45) is 4.98. The van der Waals surface area contributed by atoms with Crippen LogP contribution in [-0.4, -0.2) is 15.9 Å². The molecular weight excluding hydrogens is 408 g/mol. The Morgan fingerprint density at radius 1 is 1.11 bits per heavy atom. The van der Waals surface area contributed by atoms with Crippen molar-refractivity contribution in [3.05, 3.63) is 83.0 Å². The Hall–Kier alpha value is -3.19. The van der Waals surface area contributed by atoms with E-state index in [4.69, 9.17) is 4.42 Å². The number of hydrogen-bond acceptors (Lipinski definition) is 5. The highest BCUT2D eigenvalue weighted by molar-refractivity contribution is 9.10. The number of anilines is 2. The molecule has 6 nitrogen and oxygen atoms in total. The van der Waals surface area contributed by atoms with Gasteiger partial charge in [-0.1, -0.05) is 12.1 Å². The highest BCUT2D eigenvalue weighted by Crippen LogP contribution is 2.22. The lowest BCUT2D eigenvalue weighted by molar-refractivity contribution is 0.0996. The minimum absolute atomic E-state index is 0.272.